The number of nitrogens with one attached hydrogen (secondary N) is 2. The largest absolute Gasteiger partial charge is 0.493 e. The van der Waals surface area contributed by atoms with Gasteiger partial charge in [0, 0.05) is 53.2 Å². The molecular formula is C20H20N4O4. The molecule has 0 atom stereocenters. The second-order valence-corrected chi connectivity index (χ2v) is 5.66. The summed E-state index contributed by atoms with van der Waals surface area (Å²) >= 11 is 0. The van der Waals surface area contributed by atoms with Gasteiger partial charge in [-0.15, -0.1) is 0 Å². The van der Waals surface area contributed by atoms with Crippen LogP contribution >= 0.6 is 0 Å². The number of ether oxygens (including phenoxy) is 3. The Morgan fingerprint density at radius 2 is 1.64 bits per heavy atom. The fourth-order valence-corrected chi connectivity index (χ4v) is 2.64. The summed E-state index contributed by atoms with van der Waals surface area (Å²) in [4.78, 5) is 20.5. The van der Waals surface area contributed by atoms with Crippen molar-refractivity contribution in [1.82, 2.24) is 9.97 Å². The first-order chi connectivity index (χ1) is 13.6. The van der Waals surface area contributed by atoms with Crippen molar-refractivity contribution in [2.45, 2.75) is 0 Å². The third-order valence-electron chi connectivity index (χ3n) is 3.93. The van der Waals surface area contributed by atoms with Crippen molar-refractivity contribution >= 4 is 17.4 Å². The molecule has 0 aliphatic rings. The summed E-state index contributed by atoms with van der Waals surface area (Å²) in [5.41, 5.74) is 2.67. The fraction of sp³-hybridized carbons (Fsp3) is 0.150. The van der Waals surface area contributed by atoms with E-state index >= 15 is 0 Å². The first-order valence-corrected chi connectivity index (χ1v) is 8.39. The van der Waals surface area contributed by atoms with E-state index in [4.69, 9.17) is 14.2 Å². The number of benzene rings is 1. The van der Waals surface area contributed by atoms with Crippen molar-refractivity contribution in [3.63, 3.8) is 0 Å². The van der Waals surface area contributed by atoms with Gasteiger partial charge in [0.15, 0.2) is 11.5 Å². The van der Waals surface area contributed by atoms with Crippen LogP contribution in [0.5, 0.6) is 17.4 Å². The Kier molecular flexibility index (Phi) is 5.91. The Morgan fingerprint density at radius 1 is 0.893 bits per heavy atom. The van der Waals surface area contributed by atoms with Crippen molar-refractivity contribution < 1.29 is 19.0 Å². The number of nitrogens with zero attached hydrogens (tertiary/aromatic N) is 2. The maximum absolute atomic E-state index is 12.3. The molecule has 8 heteroatoms. The molecule has 0 saturated carbocycles. The van der Waals surface area contributed by atoms with E-state index in [1.165, 1.54) is 7.11 Å². The summed E-state index contributed by atoms with van der Waals surface area (Å²) in [6.07, 6.45) is 4.86. The van der Waals surface area contributed by atoms with E-state index in [-0.39, 0.29) is 0 Å². The maximum atomic E-state index is 12.3. The lowest BCUT2D eigenvalue weighted by molar-refractivity contribution is 0.262. The molecule has 1 aromatic carbocycles. The second kappa shape index (κ2) is 8.72. The van der Waals surface area contributed by atoms with Gasteiger partial charge in [-0.05, 0) is 24.3 Å². The number of methoxy groups -OCH3 is 3. The highest BCUT2D eigenvalue weighted by Crippen LogP contribution is 2.40. The molecule has 3 rings (SSSR count). The number of aromatic nitrogens is 2. The molecule has 8 nitrogen and oxygen atoms in total. The molecule has 144 valence electrons. The van der Waals surface area contributed by atoms with E-state index in [1.54, 1.807) is 63.1 Å². The van der Waals surface area contributed by atoms with Gasteiger partial charge in [0.2, 0.25) is 5.88 Å². The SMILES string of the molecule is COc1ccc(-c2cc(NC(=O)Nc3ccncc3)cc(OC)c2OC)cn1. The molecule has 0 saturated heterocycles. The molecular weight excluding hydrogens is 360 g/mol. The molecule has 2 aromatic heterocycles. The Morgan fingerprint density at radius 3 is 2.25 bits per heavy atom. The molecule has 2 N–H and O–H groups in total. The molecule has 0 aliphatic heterocycles. The average molecular weight is 380 g/mol. The zero-order valence-electron chi connectivity index (χ0n) is 15.7. The number of pyridine rings is 2. The smallest absolute Gasteiger partial charge is 0.323 e. The minimum atomic E-state index is -0.391. The molecule has 3 aromatic rings. The number of amides is 2. The van der Waals surface area contributed by atoms with Crippen LogP contribution in [0.4, 0.5) is 16.2 Å². The number of carbonyl (C=O) groups is 1. The van der Waals surface area contributed by atoms with E-state index < -0.39 is 6.03 Å². The molecule has 0 radical (unpaired) electrons. The number of rotatable bonds is 6. The van der Waals surface area contributed by atoms with Crippen molar-refractivity contribution in [3.8, 4) is 28.5 Å². The van der Waals surface area contributed by atoms with Gasteiger partial charge in [-0.2, -0.15) is 0 Å². The molecule has 0 spiro atoms. The summed E-state index contributed by atoms with van der Waals surface area (Å²) < 4.78 is 16.1. The Hall–Kier alpha value is -3.81. The fourth-order valence-electron chi connectivity index (χ4n) is 2.64. The average Bonchev–Trinajstić information content (AvgIpc) is 2.73. The van der Waals surface area contributed by atoms with Crippen molar-refractivity contribution in [2.24, 2.45) is 0 Å². The van der Waals surface area contributed by atoms with Gasteiger partial charge in [-0.3, -0.25) is 4.98 Å². The van der Waals surface area contributed by atoms with E-state index in [0.717, 1.165) is 11.1 Å². The highest BCUT2D eigenvalue weighted by Gasteiger charge is 2.16. The summed E-state index contributed by atoms with van der Waals surface area (Å²) in [5.74, 6) is 1.52. The van der Waals surface area contributed by atoms with Gasteiger partial charge in [-0.1, -0.05) is 0 Å². The lowest BCUT2D eigenvalue weighted by Crippen LogP contribution is -2.19. The van der Waals surface area contributed by atoms with Crippen LogP contribution in [0.3, 0.4) is 0 Å². The van der Waals surface area contributed by atoms with Gasteiger partial charge < -0.3 is 24.8 Å². The minimum Gasteiger partial charge on any atom is -0.493 e. The van der Waals surface area contributed by atoms with Crippen LogP contribution in [0, 0.1) is 0 Å². The van der Waals surface area contributed by atoms with Crippen LogP contribution in [0.1, 0.15) is 0 Å². The van der Waals surface area contributed by atoms with Crippen LogP contribution < -0.4 is 24.8 Å². The molecule has 0 bridgehead atoms. The van der Waals surface area contributed by atoms with Crippen LogP contribution in [-0.2, 0) is 0 Å². The van der Waals surface area contributed by atoms with Gasteiger partial charge >= 0.3 is 6.03 Å². The van der Waals surface area contributed by atoms with Gasteiger partial charge in [-0.25, -0.2) is 9.78 Å². The minimum absolute atomic E-state index is 0.391. The standard InChI is InChI=1S/C20H20N4O4/c1-26-17-11-15(24-20(25)23-14-6-8-21-9-7-14)10-16(19(17)28-3)13-4-5-18(27-2)22-12-13/h4-12H,1-3H3,(H2,21,23,24,25). The number of anilines is 2. The van der Waals surface area contributed by atoms with E-state index in [2.05, 4.69) is 20.6 Å². The highest BCUT2D eigenvalue weighted by molar-refractivity contribution is 6.00. The number of carbonyl (C=O) groups excluding carboxylic acids is 1. The molecule has 2 amide bonds. The lowest BCUT2D eigenvalue weighted by atomic mass is 10.0. The number of hydrogen-bond acceptors (Lipinski definition) is 6. The van der Waals surface area contributed by atoms with Gasteiger partial charge in [0.05, 0.1) is 21.3 Å². The first-order valence-electron chi connectivity index (χ1n) is 8.39. The normalized spacial score (nSPS) is 10.1. The molecule has 0 aliphatic carbocycles. The summed E-state index contributed by atoms with van der Waals surface area (Å²) in [7, 11) is 4.65. The summed E-state index contributed by atoms with van der Waals surface area (Å²) in [6, 6.07) is 10.1. The summed E-state index contributed by atoms with van der Waals surface area (Å²) in [6.45, 7) is 0. The lowest BCUT2D eigenvalue weighted by Gasteiger charge is -2.16. The molecule has 28 heavy (non-hydrogen) atoms. The zero-order valence-corrected chi connectivity index (χ0v) is 15.7. The van der Waals surface area contributed by atoms with Gasteiger partial charge in [0.1, 0.15) is 0 Å². The topological polar surface area (TPSA) is 94.6 Å². The molecule has 2 heterocycles. The quantitative estimate of drug-likeness (QED) is 0.675. The van der Waals surface area contributed by atoms with Crippen molar-refractivity contribution in [2.75, 3.05) is 32.0 Å². The van der Waals surface area contributed by atoms with E-state index in [0.29, 0.717) is 28.8 Å². The second-order valence-electron chi connectivity index (χ2n) is 5.66. The zero-order chi connectivity index (χ0) is 19.9. The Labute approximate surface area is 162 Å². The third kappa shape index (κ3) is 4.29. The van der Waals surface area contributed by atoms with Crippen molar-refractivity contribution in [1.29, 1.82) is 0 Å². The van der Waals surface area contributed by atoms with E-state index in [1.807, 2.05) is 6.07 Å². The number of urea groups is 1. The number of hydrogen-bond donors (Lipinski definition) is 2. The van der Waals surface area contributed by atoms with Gasteiger partial charge in [0.25, 0.3) is 0 Å². The monoisotopic (exact) mass is 380 g/mol. The van der Waals surface area contributed by atoms with Crippen LogP contribution in [0.25, 0.3) is 11.1 Å². The highest BCUT2D eigenvalue weighted by atomic mass is 16.5. The Balaban J connectivity index is 1.92. The van der Waals surface area contributed by atoms with Crippen LogP contribution in [0.15, 0.2) is 55.0 Å². The molecule has 0 unspecified atom stereocenters. The maximum Gasteiger partial charge on any atom is 0.323 e. The molecule has 0 fully saturated rings. The predicted octanol–water partition coefficient (Wildman–Crippen LogP) is 3.81. The van der Waals surface area contributed by atoms with E-state index in [9.17, 15) is 4.79 Å². The van der Waals surface area contributed by atoms with Crippen molar-refractivity contribution in [3.05, 3.63) is 55.0 Å². The van der Waals surface area contributed by atoms with Crippen LogP contribution in [-0.4, -0.2) is 37.3 Å². The first kappa shape index (κ1) is 19.0. The predicted molar refractivity (Wildman–Crippen MR) is 106 cm³/mol. The third-order valence-corrected chi connectivity index (χ3v) is 3.93. The summed E-state index contributed by atoms with van der Waals surface area (Å²) in [5, 5.41) is 5.54. The van der Waals surface area contributed by atoms with Crippen LogP contribution in [0.2, 0.25) is 0 Å². The Bertz CT molecular complexity index is 946.